The third-order valence-corrected chi connectivity index (χ3v) is 3.11. The topological polar surface area (TPSA) is 44.8 Å². The van der Waals surface area contributed by atoms with Gasteiger partial charge in [0.1, 0.15) is 0 Å². The molecule has 0 saturated heterocycles. The van der Waals surface area contributed by atoms with Crippen LogP contribution in [0.25, 0.3) is 0 Å². The quantitative estimate of drug-likeness (QED) is 0.404. The summed E-state index contributed by atoms with van der Waals surface area (Å²) in [6, 6.07) is 0. The van der Waals surface area contributed by atoms with Gasteiger partial charge in [0.25, 0.3) is 0 Å². The Bertz CT molecular complexity index is 230. The maximum Gasteiger partial charge on any atom is 0.338 e. The predicted molar refractivity (Wildman–Crippen MR) is 76.2 cm³/mol. The standard InChI is InChI=1S/C15H30O4/c1-5-9-10-15(7-3,14(16)18-8-4)19-13-12-17-11-6-2/h5-13H2,1-4H3. The van der Waals surface area contributed by atoms with Crippen LogP contribution in [0.15, 0.2) is 0 Å². The zero-order valence-corrected chi connectivity index (χ0v) is 13.0. The fourth-order valence-electron chi connectivity index (χ4n) is 1.92. The van der Waals surface area contributed by atoms with Gasteiger partial charge in [-0.15, -0.1) is 0 Å². The lowest BCUT2D eigenvalue weighted by Gasteiger charge is -2.30. The van der Waals surface area contributed by atoms with Gasteiger partial charge in [-0.25, -0.2) is 4.79 Å². The number of carbonyl (C=O) groups excluding carboxylic acids is 1. The number of hydrogen-bond acceptors (Lipinski definition) is 4. The van der Waals surface area contributed by atoms with E-state index in [9.17, 15) is 4.79 Å². The smallest absolute Gasteiger partial charge is 0.338 e. The Hall–Kier alpha value is -0.610. The molecule has 0 aliphatic heterocycles. The lowest BCUT2D eigenvalue weighted by molar-refractivity contribution is -0.176. The molecule has 1 atom stereocenters. The Balaban J connectivity index is 4.40. The second-order valence-electron chi connectivity index (χ2n) is 4.63. The first kappa shape index (κ1) is 18.4. The van der Waals surface area contributed by atoms with Crippen molar-refractivity contribution in [3.63, 3.8) is 0 Å². The van der Waals surface area contributed by atoms with Gasteiger partial charge in [0, 0.05) is 6.61 Å². The molecule has 0 radical (unpaired) electrons. The van der Waals surface area contributed by atoms with E-state index in [-0.39, 0.29) is 5.97 Å². The molecule has 0 fully saturated rings. The summed E-state index contributed by atoms with van der Waals surface area (Å²) in [5.74, 6) is -0.235. The van der Waals surface area contributed by atoms with Gasteiger partial charge in [-0.1, -0.05) is 33.6 Å². The Morgan fingerprint density at radius 2 is 1.74 bits per heavy atom. The molecule has 0 aromatic rings. The summed E-state index contributed by atoms with van der Waals surface area (Å²) in [6.45, 7) is 10.1. The third kappa shape index (κ3) is 6.92. The van der Waals surface area contributed by atoms with Gasteiger partial charge >= 0.3 is 5.97 Å². The Kier molecular flexibility index (Phi) is 10.9. The molecule has 4 nitrogen and oxygen atoms in total. The first-order valence-electron chi connectivity index (χ1n) is 7.55. The van der Waals surface area contributed by atoms with Crippen molar-refractivity contribution in [3.8, 4) is 0 Å². The zero-order valence-electron chi connectivity index (χ0n) is 13.0. The van der Waals surface area contributed by atoms with Gasteiger partial charge < -0.3 is 14.2 Å². The molecule has 0 heterocycles. The fraction of sp³-hybridized carbons (Fsp3) is 0.933. The van der Waals surface area contributed by atoms with Crippen molar-refractivity contribution in [1.29, 1.82) is 0 Å². The highest BCUT2D eigenvalue weighted by atomic mass is 16.6. The number of hydrogen-bond donors (Lipinski definition) is 0. The van der Waals surface area contributed by atoms with E-state index in [4.69, 9.17) is 14.2 Å². The molecule has 0 aromatic heterocycles. The first-order chi connectivity index (χ1) is 9.16. The highest BCUT2D eigenvalue weighted by Gasteiger charge is 2.38. The van der Waals surface area contributed by atoms with Crippen molar-refractivity contribution < 1.29 is 19.0 Å². The zero-order chi connectivity index (χ0) is 14.6. The summed E-state index contributed by atoms with van der Waals surface area (Å²) in [7, 11) is 0. The van der Waals surface area contributed by atoms with Crippen LogP contribution in [0, 0.1) is 0 Å². The number of esters is 1. The minimum absolute atomic E-state index is 0.235. The van der Waals surface area contributed by atoms with E-state index in [1.165, 1.54) is 0 Å². The molecular formula is C15H30O4. The Morgan fingerprint density at radius 3 is 2.26 bits per heavy atom. The fourth-order valence-corrected chi connectivity index (χ4v) is 1.92. The second kappa shape index (κ2) is 11.2. The summed E-state index contributed by atoms with van der Waals surface area (Å²) in [5.41, 5.74) is -0.790. The van der Waals surface area contributed by atoms with E-state index < -0.39 is 5.60 Å². The normalized spacial score (nSPS) is 14.1. The predicted octanol–water partition coefficient (Wildman–Crippen LogP) is 3.33. The van der Waals surface area contributed by atoms with Crippen LogP contribution in [-0.2, 0) is 19.0 Å². The molecule has 0 amide bonds. The van der Waals surface area contributed by atoms with Crippen LogP contribution < -0.4 is 0 Å². The van der Waals surface area contributed by atoms with Gasteiger partial charge in [-0.2, -0.15) is 0 Å². The van der Waals surface area contributed by atoms with E-state index in [1.54, 1.807) is 0 Å². The molecule has 0 spiro atoms. The lowest BCUT2D eigenvalue weighted by atomic mass is 9.93. The van der Waals surface area contributed by atoms with Crippen LogP contribution in [0.1, 0.15) is 59.8 Å². The highest BCUT2D eigenvalue weighted by molar-refractivity contribution is 5.79. The van der Waals surface area contributed by atoms with Crippen molar-refractivity contribution in [2.75, 3.05) is 26.4 Å². The molecule has 0 bridgehead atoms. The number of ether oxygens (including phenoxy) is 3. The summed E-state index contributed by atoms with van der Waals surface area (Å²) >= 11 is 0. The average molecular weight is 274 g/mol. The minimum Gasteiger partial charge on any atom is -0.464 e. The molecule has 0 aliphatic rings. The number of carbonyl (C=O) groups is 1. The molecule has 0 saturated carbocycles. The Labute approximate surface area is 117 Å². The lowest BCUT2D eigenvalue weighted by Crippen LogP contribution is -2.43. The van der Waals surface area contributed by atoms with Gasteiger partial charge in [0.15, 0.2) is 5.60 Å². The molecule has 0 N–H and O–H groups in total. The van der Waals surface area contributed by atoms with Gasteiger partial charge in [0.05, 0.1) is 19.8 Å². The second-order valence-corrected chi connectivity index (χ2v) is 4.63. The molecule has 0 aromatic carbocycles. The van der Waals surface area contributed by atoms with Gasteiger partial charge in [-0.3, -0.25) is 0 Å². The van der Waals surface area contributed by atoms with Crippen LogP contribution in [0.2, 0.25) is 0 Å². The van der Waals surface area contributed by atoms with E-state index in [2.05, 4.69) is 13.8 Å². The molecule has 0 aliphatic carbocycles. The molecular weight excluding hydrogens is 244 g/mol. The molecule has 1 unspecified atom stereocenters. The third-order valence-electron chi connectivity index (χ3n) is 3.11. The van der Waals surface area contributed by atoms with E-state index in [1.807, 2.05) is 13.8 Å². The van der Waals surface area contributed by atoms with E-state index in [0.29, 0.717) is 32.7 Å². The van der Waals surface area contributed by atoms with Gasteiger partial charge in [-0.05, 0) is 26.2 Å². The largest absolute Gasteiger partial charge is 0.464 e. The van der Waals surface area contributed by atoms with Crippen molar-refractivity contribution in [2.24, 2.45) is 0 Å². The molecule has 114 valence electrons. The van der Waals surface area contributed by atoms with Crippen LogP contribution in [0.3, 0.4) is 0 Å². The van der Waals surface area contributed by atoms with Crippen molar-refractivity contribution in [2.45, 2.75) is 65.4 Å². The molecule has 0 rings (SSSR count). The molecule has 19 heavy (non-hydrogen) atoms. The monoisotopic (exact) mass is 274 g/mol. The average Bonchev–Trinajstić information content (AvgIpc) is 2.42. The maximum absolute atomic E-state index is 12.1. The summed E-state index contributed by atoms with van der Waals surface area (Å²) in [6.07, 6.45) is 4.35. The summed E-state index contributed by atoms with van der Waals surface area (Å²) < 4.78 is 16.4. The van der Waals surface area contributed by atoms with Crippen LogP contribution in [-0.4, -0.2) is 38.0 Å². The summed E-state index contributed by atoms with van der Waals surface area (Å²) in [4.78, 5) is 12.1. The van der Waals surface area contributed by atoms with E-state index in [0.717, 1.165) is 25.9 Å². The SMILES string of the molecule is CCCCC(CC)(OCCOCCC)C(=O)OCC. The first-order valence-corrected chi connectivity index (χ1v) is 7.55. The van der Waals surface area contributed by atoms with E-state index >= 15 is 0 Å². The number of rotatable bonds is 12. The maximum atomic E-state index is 12.1. The van der Waals surface area contributed by atoms with Crippen molar-refractivity contribution in [3.05, 3.63) is 0 Å². The van der Waals surface area contributed by atoms with Crippen molar-refractivity contribution >= 4 is 5.97 Å². The summed E-state index contributed by atoms with van der Waals surface area (Å²) in [5, 5.41) is 0. The van der Waals surface area contributed by atoms with Gasteiger partial charge in [0.2, 0.25) is 0 Å². The van der Waals surface area contributed by atoms with Crippen molar-refractivity contribution in [1.82, 2.24) is 0 Å². The van der Waals surface area contributed by atoms with Crippen LogP contribution in [0.4, 0.5) is 0 Å². The number of unbranched alkanes of at least 4 members (excludes halogenated alkanes) is 1. The van der Waals surface area contributed by atoms with Crippen LogP contribution >= 0.6 is 0 Å². The Morgan fingerprint density at radius 1 is 1.00 bits per heavy atom. The van der Waals surface area contributed by atoms with Crippen LogP contribution in [0.5, 0.6) is 0 Å². The molecule has 4 heteroatoms. The highest BCUT2D eigenvalue weighted by Crippen LogP contribution is 2.25. The minimum atomic E-state index is -0.790.